The van der Waals surface area contributed by atoms with Crippen LogP contribution in [0, 0.1) is 6.92 Å². The molecule has 0 unspecified atom stereocenters. The van der Waals surface area contributed by atoms with Gasteiger partial charge in [0.15, 0.2) is 0 Å². The quantitative estimate of drug-likeness (QED) is 0.444. The zero-order valence-electron chi connectivity index (χ0n) is 13.7. The minimum atomic E-state index is 0.649. The Labute approximate surface area is 156 Å². The third-order valence-corrected chi connectivity index (χ3v) is 4.92. The van der Waals surface area contributed by atoms with Crippen LogP contribution in [-0.4, -0.2) is 9.97 Å². The molecule has 124 valence electrons. The number of benzene rings is 3. The van der Waals surface area contributed by atoms with Gasteiger partial charge in [0.05, 0.1) is 10.7 Å². The molecule has 0 aliphatic heterocycles. The van der Waals surface area contributed by atoms with Gasteiger partial charge in [-0.3, -0.25) is 0 Å². The van der Waals surface area contributed by atoms with Gasteiger partial charge in [-0.2, -0.15) is 0 Å². The number of imidazole rings is 1. The summed E-state index contributed by atoms with van der Waals surface area (Å²) in [7, 11) is 0. The molecule has 0 saturated heterocycles. The standard InChI is InChI=1S/C21H16Cl2N2/c1-13-21(18-12-16(22)9-10-19(18)23)25-20(24-13)11-15-7-4-6-14-5-2-3-8-17(14)15/h2-10,12H,11H2,1H3,(H,24,25). The first kappa shape index (κ1) is 16.2. The minimum absolute atomic E-state index is 0.649. The number of hydrogen-bond donors (Lipinski definition) is 1. The summed E-state index contributed by atoms with van der Waals surface area (Å²) in [5.74, 6) is 0.917. The maximum atomic E-state index is 6.34. The lowest BCUT2D eigenvalue weighted by molar-refractivity contribution is 1.02. The van der Waals surface area contributed by atoms with Crippen LogP contribution in [0.15, 0.2) is 60.7 Å². The lowest BCUT2D eigenvalue weighted by atomic mass is 10.0. The van der Waals surface area contributed by atoms with Crippen LogP contribution < -0.4 is 0 Å². The molecule has 0 saturated carbocycles. The van der Waals surface area contributed by atoms with Crippen LogP contribution in [0.25, 0.3) is 22.0 Å². The van der Waals surface area contributed by atoms with Crippen LogP contribution >= 0.6 is 23.2 Å². The van der Waals surface area contributed by atoms with Crippen LogP contribution in [0.1, 0.15) is 17.1 Å². The van der Waals surface area contributed by atoms with E-state index in [2.05, 4.69) is 47.4 Å². The first-order chi connectivity index (χ1) is 12.1. The number of nitrogens with one attached hydrogen (secondary N) is 1. The van der Waals surface area contributed by atoms with Gasteiger partial charge >= 0.3 is 0 Å². The number of H-pyrrole nitrogens is 1. The summed E-state index contributed by atoms with van der Waals surface area (Å²) in [4.78, 5) is 8.18. The Balaban J connectivity index is 1.74. The van der Waals surface area contributed by atoms with E-state index in [4.69, 9.17) is 28.2 Å². The molecule has 4 rings (SSSR count). The summed E-state index contributed by atoms with van der Waals surface area (Å²) in [6, 6.07) is 20.2. The number of aromatic amines is 1. The highest BCUT2D eigenvalue weighted by molar-refractivity contribution is 6.35. The molecule has 1 aromatic heterocycles. The van der Waals surface area contributed by atoms with E-state index in [1.807, 2.05) is 13.0 Å². The third-order valence-electron chi connectivity index (χ3n) is 4.36. The van der Waals surface area contributed by atoms with E-state index in [9.17, 15) is 0 Å². The lowest BCUT2D eigenvalue weighted by Gasteiger charge is -2.05. The lowest BCUT2D eigenvalue weighted by Crippen LogP contribution is -1.92. The van der Waals surface area contributed by atoms with Gasteiger partial charge in [-0.1, -0.05) is 65.7 Å². The number of hydrogen-bond acceptors (Lipinski definition) is 1. The molecule has 1 N–H and O–H groups in total. The van der Waals surface area contributed by atoms with Crippen molar-refractivity contribution in [3.63, 3.8) is 0 Å². The van der Waals surface area contributed by atoms with Crippen molar-refractivity contribution >= 4 is 34.0 Å². The molecular formula is C21H16Cl2N2. The molecule has 4 heteroatoms. The van der Waals surface area contributed by atoms with Gasteiger partial charge < -0.3 is 4.98 Å². The predicted octanol–water partition coefficient (Wildman–Crippen LogP) is 6.44. The molecule has 1 heterocycles. The number of rotatable bonds is 3. The van der Waals surface area contributed by atoms with Crippen molar-refractivity contribution in [2.45, 2.75) is 13.3 Å². The molecule has 0 bridgehead atoms. The highest BCUT2D eigenvalue weighted by Gasteiger charge is 2.13. The Bertz CT molecular complexity index is 1060. The summed E-state index contributed by atoms with van der Waals surface area (Å²) >= 11 is 12.5. The second kappa shape index (κ2) is 6.55. The number of nitrogens with zero attached hydrogens (tertiary/aromatic N) is 1. The van der Waals surface area contributed by atoms with Crippen LogP contribution in [-0.2, 0) is 6.42 Å². The molecular weight excluding hydrogens is 351 g/mol. The van der Waals surface area contributed by atoms with Crippen molar-refractivity contribution in [2.24, 2.45) is 0 Å². The SMILES string of the molecule is Cc1[nH]c(Cc2cccc3ccccc23)nc1-c1cc(Cl)ccc1Cl. The smallest absolute Gasteiger partial charge is 0.111 e. The van der Waals surface area contributed by atoms with E-state index >= 15 is 0 Å². The van der Waals surface area contributed by atoms with Gasteiger partial charge in [-0.05, 0) is 41.5 Å². The molecule has 0 spiro atoms. The van der Waals surface area contributed by atoms with Gasteiger partial charge in [-0.15, -0.1) is 0 Å². The van der Waals surface area contributed by atoms with Crippen LogP contribution in [0.3, 0.4) is 0 Å². The first-order valence-electron chi connectivity index (χ1n) is 8.09. The van der Waals surface area contributed by atoms with Crippen molar-refractivity contribution in [1.29, 1.82) is 0 Å². The Morgan fingerprint density at radius 1 is 0.960 bits per heavy atom. The van der Waals surface area contributed by atoms with Crippen molar-refractivity contribution in [1.82, 2.24) is 9.97 Å². The van der Waals surface area contributed by atoms with E-state index in [-0.39, 0.29) is 0 Å². The second-order valence-electron chi connectivity index (χ2n) is 6.10. The zero-order chi connectivity index (χ0) is 17.4. The average Bonchev–Trinajstić information content (AvgIpc) is 2.97. The minimum Gasteiger partial charge on any atom is -0.345 e. The van der Waals surface area contributed by atoms with E-state index in [0.29, 0.717) is 10.0 Å². The molecule has 0 aliphatic carbocycles. The van der Waals surface area contributed by atoms with Crippen LogP contribution in [0.2, 0.25) is 10.0 Å². The molecule has 0 radical (unpaired) electrons. The molecule has 0 aliphatic rings. The van der Waals surface area contributed by atoms with E-state index < -0.39 is 0 Å². The summed E-state index contributed by atoms with van der Waals surface area (Å²) in [5.41, 5.74) is 3.94. The molecule has 0 fully saturated rings. The first-order valence-corrected chi connectivity index (χ1v) is 8.85. The summed E-state index contributed by atoms with van der Waals surface area (Å²) in [5, 5.41) is 3.79. The van der Waals surface area contributed by atoms with Gasteiger partial charge in [-0.25, -0.2) is 4.98 Å². The number of halogens is 2. The van der Waals surface area contributed by atoms with Crippen LogP contribution in [0.4, 0.5) is 0 Å². The van der Waals surface area contributed by atoms with E-state index in [1.165, 1.54) is 16.3 Å². The number of aryl methyl sites for hydroxylation is 1. The van der Waals surface area contributed by atoms with Gasteiger partial charge in [0.2, 0.25) is 0 Å². The Kier molecular flexibility index (Phi) is 4.24. The second-order valence-corrected chi connectivity index (χ2v) is 6.94. The van der Waals surface area contributed by atoms with Gasteiger partial charge in [0.25, 0.3) is 0 Å². The van der Waals surface area contributed by atoms with E-state index in [1.54, 1.807) is 12.1 Å². The molecule has 0 amide bonds. The Morgan fingerprint density at radius 2 is 1.76 bits per heavy atom. The van der Waals surface area contributed by atoms with Crippen molar-refractivity contribution in [2.75, 3.05) is 0 Å². The van der Waals surface area contributed by atoms with Gasteiger partial charge in [0, 0.05) is 22.7 Å². The largest absolute Gasteiger partial charge is 0.345 e. The highest BCUT2D eigenvalue weighted by Crippen LogP contribution is 2.32. The topological polar surface area (TPSA) is 28.7 Å². The monoisotopic (exact) mass is 366 g/mol. The fourth-order valence-electron chi connectivity index (χ4n) is 3.17. The normalized spacial score (nSPS) is 11.2. The van der Waals surface area contributed by atoms with E-state index in [0.717, 1.165) is 29.2 Å². The molecule has 3 aromatic carbocycles. The fraction of sp³-hybridized carbons (Fsp3) is 0.0952. The average molecular weight is 367 g/mol. The third kappa shape index (κ3) is 3.15. The zero-order valence-corrected chi connectivity index (χ0v) is 15.2. The highest BCUT2D eigenvalue weighted by atomic mass is 35.5. The summed E-state index contributed by atoms with van der Waals surface area (Å²) in [6.45, 7) is 2.01. The molecule has 25 heavy (non-hydrogen) atoms. The summed E-state index contributed by atoms with van der Waals surface area (Å²) < 4.78 is 0. The number of aromatic nitrogens is 2. The maximum Gasteiger partial charge on any atom is 0.111 e. The van der Waals surface area contributed by atoms with Crippen molar-refractivity contribution < 1.29 is 0 Å². The number of fused-ring (bicyclic) bond motifs is 1. The molecule has 2 nitrogen and oxygen atoms in total. The van der Waals surface area contributed by atoms with Crippen molar-refractivity contribution in [3.05, 3.63) is 87.8 Å². The van der Waals surface area contributed by atoms with Gasteiger partial charge in [0.1, 0.15) is 5.82 Å². The Morgan fingerprint density at radius 3 is 2.64 bits per heavy atom. The summed E-state index contributed by atoms with van der Waals surface area (Å²) in [6.07, 6.45) is 0.736. The molecule has 0 atom stereocenters. The van der Waals surface area contributed by atoms with Crippen molar-refractivity contribution in [3.8, 4) is 11.3 Å². The fourth-order valence-corrected chi connectivity index (χ4v) is 3.55. The van der Waals surface area contributed by atoms with Crippen LogP contribution in [0.5, 0.6) is 0 Å². The Hall–Kier alpha value is -2.29. The predicted molar refractivity (Wildman–Crippen MR) is 106 cm³/mol. The molecule has 4 aromatic rings. The maximum absolute atomic E-state index is 6.34.